The first kappa shape index (κ1) is 11.3. The van der Waals surface area contributed by atoms with E-state index < -0.39 is 22.4 Å². The summed E-state index contributed by atoms with van der Waals surface area (Å²) < 4.78 is 0. The molecular formula is C8H11ClO5. The molecule has 1 fully saturated rings. The Kier molecular flexibility index (Phi) is 2.74. The van der Waals surface area contributed by atoms with Gasteiger partial charge in [0.25, 0.3) is 0 Å². The summed E-state index contributed by atoms with van der Waals surface area (Å²) >= 11 is 5.68. The average molecular weight is 223 g/mol. The Bertz CT molecular complexity index is 251. The third-order valence-electron chi connectivity index (χ3n) is 2.66. The summed E-state index contributed by atoms with van der Waals surface area (Å²) in [6.45, 7) is 0. The van der Waals surface area contributed by atoms with Gasteiger partial charge in [0.1, 0.15) is 0 Å². The van der Waals surface area contributed by atoms with E-state index in [0.717, 1.165) is 0 Å². The Hall–Kier alpha value is -0.810. The van der Waals surface area contributed by atoms with Crippen LogP contribution in [0.2, 0.25) is 0 Å². The number of aliphatic hydroxyl groups is 1. The number of aliphatic carboxylic acids is 2. The molecule has 0 bridgehead atoms. The van der Waals surface area contributed by atoms with Crippen LogP contribution in [-0.2, 0) is 9.59 Å². The van der Waals surface area contributed by atoms with Crippen molar-refractivity contribution in [3.8, 4) is 0 Å². The number of carboxylic acid groups (broad SMARTS) is 2. The van der Waals surface area contributed by atoms with Crippen molar-refractivity contribution in [1.29, 1.82) is 0 Å². The van der Waals surface area contributed by atoms with Crippen LogP contribution in [0.15, 0.2) is 0 Å². The van der Waals surface area contributed by atoms with Crippen molar-refractivity contribution >= 4 is 23.5 Å². The van der Waals surface area contributed by atoms with Crippen LogP contribution in [0.5, 0.6) is 0 Å². The number of rotatable bonds is 2. The van der Waals surface area contributed by atoms with Gasteiger partial charge in [-0.25, -0.2) is 4.79 Å². The van der Waals surface area contributed by atoms with Crippen molar-refractivity contribution in [3.63, 3.8) is 0 Å². The summed E-state index contributed by atoms with van der Waals surface area (Å²) in [6.07, 6.45) is 0.806. The minimum atomic E-state index is -2.36. The minimum absolute atomic E-state index is 0.0350. The van der Waals surface area contributed by atoms with Gasteiger partial charge in [-0.15, -0.1) is 11.6 Å². The topological polar surface area (TPSA) is 94.8 Å². The van der Waals surface area contributed by atoms with Gasteiger partial charge < -0.3 is 15.3 Å². The van der Waals surface area contributed by atoms with Crippen molar-refractivity contribution in [1.82, 2.24) is 0 Å². The standard InChI is InChI=1S/C8H11ClO5/c9-7(5(10)11)3-1-2-4-8(7,14)6(12)13/h14H,1-4H2,(H,10,11)(H,12,13)/t7-,8-/m1/s1. The lowest BCUT2D eigenvalue weighted by molar-refractivity contribution is -0.175. The van der Waals surface area contributed by atoms with Crippen LogP contribution >= 0.6 is 11.6 Å². The molecule has 1 aliphatic rings. The van der Waals surface area contributed by atoms with E-state index in [0.29, 0.717) is 12.8 Å². The zero-order valence-corrected chi connectivity index (χ0v) is 8.12. The van der Waals surface area contributed by atoms with Gasteiger partial charge in [0, 0.05) is 0 Å². The smallest absolute Gasteiger partial charge is 0.338 e. The summed E-state index contributed by atoms with van der Waals surface area (Å²) in [6, 6.07) is 0. The summed E-state index contributed by atoms with van der Waals surface area (Å²) in [5.41, 5.74) is -2.36. The van der Waals surface area contributed by atoms with Crippen LogP contribution < -0.4 is 0 Å². The van der Waals surface area contributed by atoms with E-state index in [4.69, 9.17) is 21.8 Å². The average Bonchev–Trinajstić information content (AvgIpc) is 2.09. The Morgan fingerprint density at radius 1 is 1.07 bits per heavy atom. The summed E-state index contributed by atoms with van der Waals surface area (Å²) in [5, 5.41) is 27.3. The van der Waals surface area contributed by atoms with E-state index in [-0.39, 0.29) is 12.8 Å². The molecular weight excluding hydrogens is 212 g/mol. The van der Waals surface area contributed by atoms with Crippen molar-refractivity contribution in [2.24, 2.45) is 0 Å². The fraction of sp³-hybridized carbons (Fsp3) is 0.750. The van der Waals surface area contributed by atoms with Crippen LogP contribution in [-0.4, -0.2) is 37.7 Å². The molecule has 80 valence electrons. The van der Waals surface area contributed by atoms with E-state index in [1.807, 2.05) is 0 Å². The van der Waals surface area contributed by atoms with Gasteiger partial charge in [0.15, 0.2) is 10.5 Å². The second-order valence-corrected chi connectivity index (χ2v) is 4.12. The first-order chi connectivity index (χ1) is 6.34. The predicted octanol–water partition coefficient (Wildman–Crippen LogP) is 0.438. The largest absolute Gasteiger partial charge is 0.480 e. The number of carbonyl (C=O) groups is 2. The molecule has 0 spiro atoms. The molecule has 1 aliphatic carbocycles. The SMILES string of the molecule is O=C(O)[C@]1(O)CCCC[C@@]1(Cl)C(=O)O. The van der Waals surface area contributed by atoms with Gasteiger partial charge in [-0.3, -0.25) is 4.79 Å². The van der Waals surface area contributed by atoms with E-state index in [1.54, 1.807) is 0 Å². The highest BCUT2D eigenvalue weighted by Gasteiger charge is 2.61. The lowest BCUT2D eigenvalue weighted by atomic mass is 9.74. The number of carboxylic acids is 2. The molecule has 3 N–H and O–H groups in total. The molecule has 2 atom stereocenters. The van der Waals surface area contributed by atoms with Gasteiger partial charge in [-0.05, 0) is 19.3 Å². The summed E-state index contributed by atoms with van der Waals surface area (Å²) in [7, 11) is 0. The predicted molar refractivity (Wildman–Crippen MR) is 47.3 cm³/mol. The van der Waals surface area contributed by atoms with Gasteiger partial charge >= 0.3 is 11.9 Å². The second-order valence-electron chi connectivity index (χ2n) is 3.48. The third kappa shape index (κ3) is 1.36. The molecule has 0 aromatic carbocycles. The molecule has 0 radical (unpaired) electrons. The van der Waals surface area contributed by atoms with Crippen molar-refractivity contribution < 1.29 is 24.9 Å². The Morgan fingerprint density at radius 2 is 1.57 bits per heavy atom. The lowest BCUT2D eigenvalue weighted by Gasteiger charge is -2.40. The quantitative estimate of drug-likeness (QED) is 0.590. The monoisotopic (exact) mass is 222 g/mol. The van der Waals surface area contributed by atoms with E-state index in [9.17, 15) is 14.7 Å². The van der Waals surface area contributed by atoms with Gasteiger partial charge in [-0.1, -0.05) is 6.42 Å². The Morgan fingerprint density at radius 3 is 1.93 bits per heavy atom. The molecule has 5 nitrogen and oxygen atoms in total. The molecule has 14 heavy (non-hydrogen) atoms. The zero-order chi connectivity index (χ0) is 11.0. The molecule has 0 unspecified atom stereocenters. The molecule has 0 heterocycles. The van der Waals surface area contributed by atoms with E-state index >= 15 is 0 Å². The van der Waals surface area contributed by atoms with Crippen molar-refractivity contribution in [2.45, 2.75) is 36.2 Å². The molecule has 0 aromatic rings. The highest BCUT2D eigenvalue weighted by Crippen LogP contribution is 2.42. The Balaban J connectivity index is 3.12. The molecule has 0 amide bonds. The van der Waals surface area contributed by atoms with Gasteiger partial charge in [-0.2, -0.15) is 0 Å². The maximum Gasteiger partial charge on any atom is 0.338 e. The summed E-state index contributed by atoms with van der Waals surface area (Å²) in [5.74, 6) is -3.06. The van der Waals surface area contributed by atoms with Crippen LogP contribution in [0.1, 0.15) is 25.7 Å². The molecule has 6 heteroatoms. The van der Waals surface area contributed by atoms with Crippen LogP contribution in [0.3, 0.4) is 0 Å². The lowest BCUT2D eigenvalue weighted by Crippen LogP contribution is -2.61. The minimum Gasteiger partial charge on any atom is -0.480 e. The Labute approximate surface area is 85.3 Å². The van der Waals surface area contributed by atoms with Crippen LogP contribution in [0.25, 0.3) is 0 Å². The first-order valence-electron chi connectivity index (χ1n) is 4.23. The fourth-order valence-corrected chi connectivity index (χ4v) is 2.02. The zero-order valence-electron chi connectivity index (χ0n) is 7.36. The highest BCUT2D eigenvalue weighted by atomic mass is 35.5. The van der Waals surface area contributed by atoms with Crippen molar-refractivity contribution in [2.75, 3.05) is 0 Å². The molecule has 1 rings (SSSR count). The molecule has 0 saturated heterocycles. The van der Waals surface area contributed by atoms with Crippen LogP contribution in [0, 0.1) is 0 Å². The number of hydrogen-bond acceptors (Lipinski definition) is 3. The number of alkyl halides is 1. The normalized spacial score (nSPS) is 37.9. The number of halogens is 1. The van der Waals surface area contributed by atoms with Gasteiger partial charge in [0.2, 0.25) is 0 Å². The second kappa shape index (κ2) is 3.40. The van der Waals surface area contributed by atoms with Crippen molar-refractivity contribution in [3.05, 3.63) is 0 Å². The molecule has 0 aromatic heterocycles. The van der Waals surface area contributed by atoms with E-state index in [1.165, 1.54) is 0 Å². The van der Waals surface area contributed by atoms with E-state index in [2.05, 4.69) is 0 Å². The maximum atomic E-state index is 10.8. The first-order valence-corrected chi connectivity index (χ1v) is 4.60. The highest BCUT2D eigenvalue weighted by molar-refractivity contribution is 6.36. The summed E-state index contributed by atoms with van der Waals surface area (Å²) in [4.78, 5) is 19.5. The molecule has 1 saturated carbocycles. The number of hydrogen-bond donors (Lipinski definition) is 3. The van der Waals surface area contributed by atoms with Gasteiger partial charge in [0.05, 0.1) is 0 Å². The third-order valence-corrected chi connectivity index (χ3v) is 3.32. The van der Waals surface area contributed by atoms with Crippen LogP contribution in [0.4, 0.5) is 0 Å². The maximum absolute atomic E-state index is 10.8. The molecule has 0 aliphatic heterocycles. The fourth-order valence-electron chi connectivity index (χ4n) is 1.71.